The van der Waals surface area contributed by atoms with Gasteiger partial charge in [-0.3, -0.25) is 0 Å². The normalized spacial score (nSPS) is 19.3. The maximum atomic E-state index is 14.8. The van der Waals surface area contributed by atoms with Crippen molar-refractivity contribution in [2.75, 3.05) is 7.11 Å². The van der Waals surface area contributed by atoms with E-state index in [1.165, 1.54) is 18.2 Å². The van der Waals surface area contributed by atoms with Gasteiger partial charge in [0.05, 0.1) is 7.11 Å². The molecule has 0 aromatic heterocycles. The van der Waals surface area contributed by atoms with Gasteiger partial charge in [0, 0.05) is 17.1 Å². The molecular formula is C24H30F2NO2. The van der Waals surface area contributed by atoms with Crippen LogP contribution in [0, 0.1) is 11.6 Å². The van der Waals surface area contributed by atoms with Crippen LogP contribution in [0.15, 0.2) is 36.4 Å². The van der Waals surface area contributed by atoms with Crippen molar-refractivity contribution in [1.29, 1.82) is 0 Å². The number of rotatable bonds is 5. The zero-order valence-electron chi connectivity index (χ0n) is 17.9. The predicted molar refractivity (Wildman–Crippen MR) is 109 cm³/mol. The Kier molecular flexibility index (Phi) is 6.02. The van der Waals surface area contributed by atoms with Crippen molar-refractivity contribution >= 4 is 0 Å². The molecule has 1 aliphatic rings. The fraction of sp³-hybridized carbons (Fsp3) is 0.500. The van der Waals surface area contributed by atoms with E-state index >= 15 is 0 Å². The summed E-state index contributed by atoms with van der Waals surface area (Å²) in [5.41, 5.74) is 1.06. The maximum Gasteiger partial charge on any atom is 0.130 e. The van der Waals surface area contributed by atoms with Crippen LogP contribution in [-0.4, -0.2) is 23.3 Å². The van der Waals surface area contributed by atoms with Crippen molar-refractivity contribution < 1.29 is 18.7 Å². The number of ether oxygens (including phenoxy) is 1. The predicted octanol–water partition coefficient (Wildman–Crippen LogP) is 5.84. The van der Waals surface area contributed by atoms with E-state index in [1.807, 2.05) is 33.8 Å². The summed E-state index contributed by atoms with van der Waals surface area (Å²) >= 11 is 0. The van der Waals surface area contributed by atoms with E-state index in [1.54, 1.807) is 24.3 Å². The monoisotopic (exact) mass is 402 g/mol. The van der Waals surface area contributed by atoms with Gasteiger partial charge in [-0.05, 0) is 88.1 Å². The first-order valence-electron chi connectivity index (χ1n) is 10.1. The highest BCUT2D eigenvalue weighted by Crippen LogP contribution is 2.44. The fourth-order valence-electron chi connectivity index (χ4n) is 4.65. The van der Waals surface area contributed by atoms with Crippen LogP contribution < -0.4 is 4.74 Å². The lowest BCUT2D eigenvalue weighted by Gasteiger charge is -2.50. The number of hydrogen-bond acceptors (Lipinski definition) is 2. The average molecular weight is 403 g/mol. The molecule has 1 heterocycles. The van der Waals surface area contributed by atoms with Gasteiger partial charge in [0.2, 0.25) is 0 Å². The number of benzene rings is 2. The molecule has 0 N–H and O–H groups in total. The van der Waals surface area contributed by atoms with Crippen LogP contribution in [0.2, 0.25) is 0 Å². The molecular weight excluding hydrogens is 372 g/mol. The van der Waals surface area contributed by atoms with Crippen LogP contribution in [0.1, 0.15) is 63.1 Å². The van der Waals surface area contributed by atoms with Gasteiger partial charge in [0.1, 0.15) is 17.4 Å². The molecule has 0 saturated carbocycles. The van der Waals surface area contributed by atoms with Gasteiger partial charge in [-0.2, -0.15) is 0 Å². The van der Waals surface area contributed by atoms with Gasteiger partial charge >= 0.3 is 0 Å². The van der Waals surface area contributed by atoms with E-state index in [2.05, 4.69) is 0 Å². The summed E-state index contributed by atoms with van der Waals surface area (Å²) in [6.45, 7) is 7.79. The number of halogens is 2. The van der Waals surface area contributed by atoms with E-state index in [0.717, 1.165) is 5.56 Å². The van der Waals surface area contributed by atoms with Gasteiger partial charge in [-0.25, -0.2) is 8.78 Å². The Morgan fingerprint density at radius 2 is 1.45 bits per heavy atom. The molecule has 5 heteroatoms. The lowest BCUT2D eigenvalue weighted by Crippen LogP contribution is -2.57. The van der Waals surface area contributed by atoms with E-state index in [0.29, 0.717) is 42.6 Å². The highest BCUT2D eigenvalue weighted by atomic mass is 19.1. The summed E-state index contributed by atoms with van der Waals surface area (Å²) in [6.07, 6.45) is 2.22. The Balaban J connectivity index is 1.74. The van der Waals surface area contributed by atoms with E-state index < -0.39 is 11.1 Å². The van der Waals surface area contributed by atoms with Crippen molar-refractivity contribution in [3.63, 3.8) is 0 Å². The highest BCUT2D eigenvalue weighted by molar-refractivity contribution is 5.32. The van der Waals surface area contributed by atoms with Gasteiger partial charge in [0.15, 0.2) is 0 Å². The second-order valence-corrected chi connectivity index (χ2v) is 9.33. The van der Waals surface area contributed by atoms with E-state index in [9.17, 15) is 14.0 Å². The molecule has 0 aliphatic carbocycles. The molecule has 157 valence electrons. The molecule has 3 rings (SSSR count). The minimum atomic E-state index is -0.493. The smallest absolute Gasteiger partial charge is 0.130 e. The molecule has 29 heavy (non-hydrogen) atoms. The standard InChI is InChI=1S/C24H30F2NO2/c1-23(2)14-19(15-24(3,4)27(23)28)18-9-8-16(21(25)12-18)6-7-17-10-11-20(29-5)13-22(17)26/h8-13,19H,6-7,14-15H2,1-5H3. The molecule has 1 saturated heterocycles. The third-order valence-corrected chi connectivity index (χ3v) is 6.06. The number of piperidine rings is 1. The molecule has 0 amide bonds. The van der Waals surface area contributed by atoms with Crippen molar-refractivity contribution in [2.24, 2.45) is 0 Å². The summed E-state index contributed by atoms with van der Waals surface area (Å²) in [7, 11) is 1.49. The summed E-state index contributed by atoms with van der Waals surface area (Å²) in [5, 5.41) is 13.7. The largest absolute Gasteiger partial charge is 0.497 e. The number of nitrogens with zero attached hydrogens (tertiary/aromatic N) is 1. The molecule has 0 unspecified atom stereocenters. The van der Waals surface area contributed by atoms with Crippen molar-refractivity contribution in [2.45, 2.75) is 70.4 Å². The van der Waals surface area contributed by atoms with Crippen LogP contribution in [0.4, 0.5) is 8.78 Å². The summed E-state index contributed by atoms with van der Waals surface area (Å²) in [6, 6.07) is 10.1. The third kappa shape index (κ3) is 4.62. The minimum Gasteiger partial charge on any atom is -0.497 e. The number of methoxy groups -OCH3 is 1. The fourth-order valence-corrected chi connectivity index (χ4v) is 4.65. The quantitative estimate of drug-likeness (QED) is 0.629. The molecule has 0 spiro atoms. The molecule has 1 radical (unpaired) electrons. The molecule has 0 atom stereocenters. The summed E-state index contributed by atoms with van der Waals surface area (Å²) in [5.74, 6) is -0.00339. The second kappa shape index (κ2) is 8.04. The zero-order chi connectivity index (χ0) is 21.4. The van der Waals surface area contributed by atoms with E-state index in [4.69, 9.17) is 4.74 Å². The lowest BCUT2D eigenvalue weighted by molar-refractivity contribution is -0.289. The number of hydroxylamine groups is 2. The molecule has 1 aliphatic heterocycles. The summed E-state index contributed by atoms with van der Waals surface area (Å²) in [4.78, 5) is 0. The molecule has 2 aromatic rings. The SMILES string of the molecule is COc1ccc(CCc2ccc(C3CC(C)(C)N([O])C(C)(C)C3)cc2F)c(F)c1. The first kappa shape index (κ1) is 21.7. The molecule has 2 aromatic carbocycles. The Labute approximate surface area is 172 Å². The Bertz CT molecular complexity index is 861. The Morgan fingerprint density at radius 3 is 1.93 bits per heavy atom. The number of hydrogen-bond donors (Lipinski definition) is 0. The Morgan fingerprint density at radius 1 is 0.931 bits per heavy atom. The van der Waals surface area contributed by atoms with Crippen LogP contribution >= 0.6 is 0 Å². The highest BCUT2D eigenvalue weighted by Gasteiger charge is 2.46. The second-order valence-electron chi connectivity index (χ2n) is 9.33. The lowest BCUT2D eigenvalue weighted by atomic mass is 9.72. The number of aryl methyl sites for hydroxylation is 2. The summed E-state index contributed by atoms with van der Waals surface area (Å²) < 4.78 is 33.9. The topological polar surface area (TPSA) is 32.4 Å². The van der Waals surface area contributed by atoms with Gasteiger partial charge in [-0.15, -0.1) is 10.3 Å². The van der Waals surface area contributed by atoms with Crippen LogP contribution in [0.25, 0.3) is 0 Å². The Hall–Kier alpha value is -1.98. The first-order chi connectivity index (χ1) is 13.5. The van der Waals surface area contributed by atoms with Crippen molar-refractivity contribution in [3.8, 4) is 5.75 Å². The molecule has 3 nitrogen and oxygen atoms in total. The first-order valence-corrected chi connectivity index (χ1v) is 10.1. The maximum absolute atomic E-state index is 14.8. The third-order valence-electron chi connectivity index (χ3n) is 6.06. The van der Waals surface area contributed by atoms with Crippen LogP contribution in [0.3, 0.4) is 0 Å². The average Bonchev–Trinajstić information content (AvgIpc) is 2.65. The van der Waals surface area contributed by atoms with Crippen LogP contribution in [-0.2, 0) is 18.0 Å². The van der Waals surface area contributed by atoms with Gasteiger partial charge in [0.25, 0.3) is 0 Å². The molecule has 1 fully saturated rings. The van der Waals surface area contributed by atoms with Crippen molar-refractivity contribution in [3.05, 3.63) is 64.7 Å². The minimum absolute atomic E-state index is 0.132. The molecule has 0 bridgehead atoms. The zero-order valence-corrected chi connectivity index (χ0v) is 17.9. The van der Waals surface area contributed by atoms with E-state index in [-0.39, 0.29) is 17.6 Å². The van der Waals surface area contributed by atoms with Crippen LogP contribution in [0.5, 0.6) is 5.75 Å². The van der Waals surface area contributed by atoms with Gasteiger partial charge in [-0.1, -0.05) is 18.2 Å². The van der Waals surface area contributed by atoms with Crippen molar-refractivity contribution in [1.82, 2.24) is 5.06 Å². The van der Waals surface area contributed by atoms with Gasteiger partial charge < -0.3 is 4.74 Å².